The van der Waals surface area contributed by atoms with Crippen molar-refractivity contribution in [1.82, 2.24) is 9.88 Å². The molecule has 0 bridgehead atoms. The minimum atomic E-state index is -0.618. The lowest BCUT2D eigenvalue weighted by Gasteiger charge is -2.23. The minimum absolute atomic E-state index is 0.0837. The lowest BCUT2D eigenvalue weighted by molar-refractivity contribution is 0.0522. The van der Waals surface area contributed by atoms with E-state index in [-0.39, 0.29) is 18.0 Å². The van der Waals surface area contributed by atoms with E-state index in [0.29, 0.717) is 24.3 Å². The molecule has 0 aliphatic heterocycles. The molecule has 2 heterocycles. The Bertz CT molecular complexity index is 1420. The number of thiophene rings is 1. The van der Waals surface area contributed by atoms with E-state index in [1.54, 1.807) is 15.9 Å². The van der Waals surface area contributed by atoms with Gasteiger partial charge in [-0.3, -0.25) is 4.79 Å². The predicted octanol–water partition coefficient (Wildman–Crippen LogP) is 6.99. The van der Waals surface area contributed by atoms with E-state index in [1.165, 1.54) is 0 Å². The molecule has 0 aliphatic carbocycles. The lowest BCUT2D eigenvalue weighted by atomic mass is 10.0. The van der Waals surface area contributed by atoms with Crippen molar-refractivity contribution in [3.63, 3.8) is 0 Å². The number of alkyl carbamates (subject to hydrolysis) is 1. The zero-order valence-corrected chi connectivity index (χ0v) is 22.9. The molecule has 0 saturated carbocycles. The van der Waals surface area contributed by atoms with Gasteiger partial charge in [-0.2, -0.15) is 0 Å². The van der Waals surface area contributed by atoms with Gasteiger partial charge in [0.25, 0.3) is 5.56 Å². The highest BCUT2D eigenvalue weighted by Crippen LogP contribution is 2.36. The summed E-state index contributed by atoms with van der Waals surface area (Å²) in [5.74, 6) is 0.918. The Hall–Kier alpha value is -3.58. The summed E-state index contributed by atoms with van der Waals surface area (Å²) < 4.78 is 13.4. The fraction of sp³-hybridized carbons (Fsp3) is 0.333. The van der Waals surface area contributed by atoms with Crippen LogP contribution in [0.2, 0.25) is 0 Å². The van der Waals surface area contributed by atoms with Crippen molar-refractivity contribution in [3.05, 3.63) is 87.7 Å². The van der Waals surface area contributed by atoms with Gasteiger partial charge in [0, 0.05) is 33.5 Å². The first kappa shape index (κ1) is 26.5. The molecule has 37 heavy (non-hydrogen) atoms. The van der Waals surface area contributed by atoms with E-state index >= 15 is 0 Å². The highest BCUT2D eigenvalue weighted by Gasteiger charge is 2.22. The molecule has 2 aromatic heterocycles. The van der Waals surface area contributed by atoms with E-state index < -0.39 is 11.7 Å². The van der Waals surface area contributed by atoms with Crippen molar-refractivity contribution in [1.29, 1.82) is 0 Å². The number of fused-ring (bicyclic) bond motifs is 1. The number of nitrogens with one attached hydrogen (secondary N) is 1. The second-order valence-electron chi connectivity index (χ2n) is 10.4. The maximum Gasteiger partial charge on any atom is 0.407 e. The fourth-order valence-corrected chi connectivity index (χ4v) is 5.02. The van der Waals surface area contributed by atoms with Gasteiger partial charge in [0.1, 0.15) is 18.0 Å². The monoisotopic (exact) mass is 518 g/mol. The standard InChI is InChI=1S/C30H34N2O4S/c1-20(2)18-32-25(17-31-29(34)36-30(3,4)5)27(26-12-9-15-37-26)24-16-22(13-14-23(24)28(32)33)35-19-21-10-7-6-8-11-21/h6-16,20H,17-19H2,1-5H3,(H,31,34). The van der Waals surface area contributed by atoms with E-state index in [9.17, 15) is 9.59 Å². The third-order valence-corrected chi connectivity index (χ3v) is 6.60. The van der Waals surface area contributed by atoms with E-state index in [0.717, 1.165) is 27.1 Å². The number of carbonyl (C=O) groups is 1. The van der Waals surface area contributed by atoms with Crippen molar-refractivity contribution in [2.75, 3.05) is 0 Å². The van der Waals surface area contributed by atoms with Crippen LogP contribution in [0, 0.1) is 5.92 Å². The SMILES string of the molecule is CC(C)Cn1c(CNC(=O)OC(C)(C)C)c(-c2cccs2)c2cc(OCc3ccccc3)ccc2c1=O. The summed E-state index contributed by atoms with van der Waals surface area (Å²) in [6.45, 7) is 10.8. The number of aromatic nitrogens is 1. The molecule has 0 fully saturated rings. The topological polar surface area (TPSA) is 69.6 Å². The van der Waals surface area contributed by atoms with Crippen molar-refractivity contribution < 1.29 is 14.3 Å². The van der Waals surface area contributed by atoms with Gasteiger partial charge >= 0.3 is 6.09 Å². The number of amides is 1. The molecule has 0 spiro atoms. The predicted molar refractivity (Wildman–Crippen MR) is 150 cm³/mol. The van der Waals surface area contributed by atoms with Gasteiger partial charge in [0.15, 0.2) is 0 Å². The van der Waals surface area contributed by atoms with Crippen molar-refractivity contribution >= 4 is 28.2 Å². The van der Waals surface area contributed by atoms with Gasteiger partial charge in [-0.05, 0) is 61.9 Å². The summed E-state index contributed by atoms with van der Waals surface area (Å²) in [4.78, 5) is 27.3. The number of ether oxygens (including phenoxy) is 2. The molecule has 0 unspecified atom stereocenters. The Morgan fingerprint density at radius 3 is 2.43 bits per heavy atom. The third-order valence-electron chi connectivity index (χ3n) is 5.71. The van der Waals surface area contributed by atoms with E-state index in [1.807, 2.05) is 86.8 Å². The average Bonchev–Trinajstić information content (AvgIpc) is 3.37. The molecular weight excluding hydrogens is 484 g/mol. The number of hydrogen-bond donors (Lipinski definition) is 1. The quantitative estimate of drug-likeness (QED) is 0.273. The van der Waals surface area contributed by atoms with Gasteiger partial charge in [-0.25, -0.2) is 4.79 Å². The highest BCUT2D eigenvalue weighted by atomic mass is 32.1. The molecule has 6 nitrogen and oxygen atoms in total. The minimum Gasteiger partial charge on any atom is -0.489 e. The smallest absolute Gasteiger partial charge is 0.407 e. The molecule has 0 saturated heterocycles. The lowest BCUT2D eigenvalue weighted by Crippen LogP contribution is -2.35. The summed E-state index contributed by atoms with van der Waals surface area (Å²) in [5.41, 5.74) is 2.04. The second kappa shape index (κ2) is 11.2. The maximum atomic E-state index is 13.8. The molecule has 0 radical (unpaired) electrons. The number of benzene rings is 2. The van der Waals surface area contributed by atoms with Crippen molar-refractivity contribution in [3.8, 4) is 16.2 Å². The molecule has 1 amide bonds. The van der Waals surface area contributed by atoms with E-state index in [4.69, 9.17) is 9.47 Å². The van der Waals surface area contributed by atoms with Gasteiger partial charge in [-0.1, -0.05) is 50.2 Å². The third kappa shape index (κ3) is 6.60. The van der Waals surface area contributed by atoms with Gasteiger partial charge in [0.2, 0.25) is 0 Å². The Kier molecular flexibility index (Phi) is 8.03. The normalized spacial score (nSPS) is 11.6. The number of nitrogens with zero attached hydrogens (tertiary/aromatic N) is 1. The van der Waals surface area contributed by atoms with Crippen LogP contribution in [0.1, 0.15) is 45.9 Å². The van der Waals surface area contributed by atoms with Crippen LogP contribution in [-0.4, -0.2) is 16.3 Å². The number of pyridine rings is 1. The van der Waals surface area contributed by atoms with Gasteiger partial charge < -0.3 is 19.4 Å². The Balaban J connectivity index is 1.83. The van der Waals surface area contributed by atoms with Crippen LogP contribution in [-0.2, 0) is 24.4 Å². The number of rotatable bonds is 8. The summed E-state index contributed by atoms with van der Waals surface area (Å²) in [6, 6.07) is 19.6. The molecular formula is C30H34N2O4S. The van der Waals surface area contributed by atoms with Crippen LogP contribution < -0.4 is 15.6 Å². The average molecular weight is 519 g/mol. The van der Waals surface area contributed by atoms with Crippen LogP contribution in [0.4, 0.5) is 4.79 Å². The fourth-order valence-electron chi connectivity index (χ4n) is 4.21. The zero-order valence-electron chi connectivity index (χ0n) is 22.0. The zero-order chi connectivity index (χ0) is 26.6. The first-order valence-electron chi connectivity index (χ1n) is 12.5. The highest BCUT2D eigenvalue weighted by molar-refractivity contribution is 7.13. The van der Waals surface area contributed by atoms with Crippen molar-refractivity contribution in [2.45, 2.75) is 59.9 Å². The Morgan fingerprint density at radius 2 is 1.78 bits per heavy atom. The summed E-state index contributed by atoms with van der Waals surface area (Å²) in [5, 5.41) is 6.32. The first-order chi connectivity index (χ1) is 17.6. The van der Waals surface area contributed by atoms with Crippen LogP contribution in [0.15, 0.2) is 70.8 Å². The summed E-state index contributed by atoms with van der Waals surface area (Å²) in [7, 11) is 0. The second-order valence-corrected chi connectivity index (χ2v) is 11.4. The van der Waals surface area contributed by atoms with Gasteiger partial charge in [-0.15, -0.1) is 11.3 Å². The van der Waals surface area contributed by atoms with Crippen LogP contribution in [0.25, 0.3) is 21.2 Å². The number of hydrogen-bond acceptors (Lipinski definition) is 5. The molecule has 2 aromatic carbocycles. The molecule has 4 rings (SSSR count). The summed E-state index contributed by atoms with van der Waals surface area (Å²) >= 11 is 1.60. The van der Waals surface area contributed by atoms with Crippen LogP contribution in [0.3, 0.4) is 0 Å². The molecule has 7 heteroatoms. The van der Waals surface area contributed by atoms with Crippen LogP contribution in [0.5, 0.6) is 5.75 Å². The first-order valence-corrected chi connectivity index (χ1v) is 13.4. The molecule has 1 N–H and O–H groups in total. The Morgan fingerprint density at radius 1 is 1.03 bits per heavy atom. The van der Waals surface area contributed by atoms with Crippen LogP contribution >= 0.6 is 11.3 Å². The number of carbonyl (C=O) groups excluding carboxylic acids is 1. The van der Waals surface area contributed by atoms with E-state index in [2.05, 4.69) is 19.2 Å². The Labute approximate surface area is 221 Å². The summed E-state index contributed by atoms with van der Waals surface area (Å²) in [6.07, 6.45) is -0.520. The molecule has 4 aromatic rings. The van der Waals surface area contributed by atoms with Gasteiger partial charge in [0.05, 0.1) is 6.54 Å². The maximum absolute atomic E-state index is 13.8. The van der Waals surface area contributed by atoms with Crippen molar-refractivity contribution in [2.24, 2.45) is 5.92 Å². The molecule has 0 atom stereocenters. The largest absolute Gasteiger partial charge is 0.489 e. The molecule has 0 aliphatic rings. The molecule has 194 valence electrons.